The minimum atomic E-state index is -0.854. The minimum absolute atomic E-state index is 0.0677. The third kappa shape index (κ3) is 3.19. The molecule has 1 aromatic rings. The van der Waals surface area contributed by atoms with Crippen LogP contribution in [0.15, 0.2) is 6.20 Å². The first-order chi connectivity index (χ1) is 10.9. The van der Waals surface area contributed by atoms with Crippen molar-refractivity contribution in [2.45, 2.75) is 38.0 Å². The van der Waals surface area contributed by atoms with E-state index in [0.29, 0.717) is 13.0 Å². The molecule has 9 nitrogen and oxygen atoms in total. The third-order valence-corrected chi connectivity index (χ3v) is 4.04. The monoisotopic (exact) mass is 321 g/mol. The Labute approximate surface area is 132 Å². The van der Waals surface area contributed by atoms with Gasteiger partial charge in [0.1, 0.15) is 12.1 Å². The Hall–Kier alpha value is -2.42. The van der Waals surface area contributed by atoms with Crippen LogP contribution in [0.3, 0.4) is 0 Å². The van der Waals surface area contributed by atoms with Crippen molar-refractivity contribution < 1.29 is 19.1 Å². The zero-order valence-corrected chi connectivity index (χ0v) is 13.0. The second-order valence-corrected chi connectivity index (χ2v) is 5.82. The summed E-state index contributed by atoms with van der Waals surface area (Å²) < 4.78 is 7.45. The highest BCUT2D eigenvalue weighted by Gasteiger charge is 2.36. The van der Waals surface area contributed by atoms with E-state index >= 15 is 0 Å². The average Bonchev–Trinajstić information content (AvgIpc) is 3.03. The number of nitrogens with zero attached hydrogens (tertiary/aromatic N) is 2. The van der Waals surface area contributed by atoms with Gasteiger partial charge in [-0.15, -0.1) is 0 Å². The summed E-state index contributed by atoms with van der Waals surface area (Å²) in [6.45, 7) is 2.42. The van der Waals surface area contributed by atoms with E-state index in [4.69, 9.17) is 4.74 Å². The van der Waals surface area contributed by atoms with E-state index in [0.717, 1.165) is 11.3 Å². The Balaban J connectivity index is 1.69. The van der Waals surface area contributed by atoms with E-state index in [1.165, 1.54) is 0 Å². The molecule has 3 heterocycles. The van der Waals surface area contributed by atoms with Gasteiger partial charge in [-0.25, -0.2) is 4.79 Å². The van der Waals surface area contributed by atoms with Gasteiger partial charge in [-0.1, -0.05) is 0 Å². The largest absolute Gasteiger partial charge is 0.371 e. The molecule has 2 aliphatic rings. The number of amides is 4. The third-order valence-electron chi connectivity index (χ3n) is 4.04. The molecular weight excluding hydrogens is 302 g/mol. The smallest absolute Gasteiger partial charge is 0.322 e. The van der Waals surface area contributed by atoms with Crippen LogP contribution >= 0.6 is 0 Å². The molecule has 4 amide bonds. The first kappa shape index (κ1) is 15.5. The van der Waals surface area contributed by atoms with Gasteiger partial charge in [-0.05, 0) is 13.3 Å². The van der Waals surface area contributed by atoms with Crippen molar-refractivity contribution in [3.8, 4) is 0 Å². The molecule has 9 heteroatoms. The van der Waals surface area contributed by atoms with Crippen molar-refractivity contribution >= 4 is 17.8 Å². The molecule has 2 aliphatic heterocycles. The molecule has 23 heavy (non-hydrogen) atoms. The fraction of sp³-hybridized carbons (Fsp3) is 0.571. The van der Waals surface area contributed by atoms with E-state index in [1.807, 2.05) is 20.2 Å². The summed E-state index contributed by atoms with van der Waals surface area (Å²) in [4.78, 5) is 35.0. The predicted molar refractivity (Wildman–Crippen MR) is 78.3 cm³/mol. The van der Waals surface area contributed by atoms with Gasteiger partial charge >= 0.3 is 6.03 Å². The molecule has 3 N–H and O–H groups in total. The second-order valence-electron chi connectivity index (χ2n) is 5.82. The lowest BCUT2D eigenvalue weighted by Gasteiger charge is -2.25. The Bertz CT molecular complexity index is 640. The second kappa shape index (κ2) is 5.99. The maximum atomic E-state index is 12.3. The Morgan fingerprint density at radius 1 is 1.48 bits per heavy atom. The van der Waals surface area contributed by atoms with Gasteiger partial charge in [-0.3, -0.25) is 19.6 Å². The maximum Gasteiger partial charge on any atom is 0.322 e. The van der Waals surface area contributed by atoms with Crippen LogP contribution in [0.4, 0.5) is 4.79 Å². The fourth-order valence-corrected chi connectivity index (χ4v) is 2.99. The van der Waals surface area contributed by atoms with Crippen molar-refractivity contribution in [2.75, 3.05) is 6.61 Å². The van der Waals surface area contributed by atoms with Crippen molar-refractivity contribution in [3.63, 3.8) is 0 Å². The molecule has 0 aliphatic carbocycles. The van der Waals surface area contributed by atoms with Gasteiger partial charge in [0.15, 0.2) is 0 Å². The number of hydrogen-bond donors (Lipinski definition) is 3. The van der Waals surface area contributed by atoms with Crippen molar-refractivity contribution in [3.05, 3.63) is 17.5 Å². The fourth-order valence-electron chi connectivity index (χ4n) is 2.99. The number of carbonyl (C=O) groups excluding carboxylic acids is 3. The van der Waals surface area contributed by atoms with Gasteiger partial charge in [0.05, 0.1) is 18.2 Å². The highest BCUT2D eigenvalue weighted by molar-refractivity contribution is 6.02. The Morgan fingerprint density at radius 2 is 2.26 bits per heavy atom. The van der Waals surface area contributed by atoms with Gasteiger partial charge in [0, 0.05) is 25.4 Å². The summed E-state index contributed by atoms with van der Waals surface area (Å²) in [5.74, 6) is -0.841. The zero-order chi connectivity index (χ0) is 16.6. The average molecular weight is 321 g/mol. The van der Waals surface area contributed by atoms with Crippen LogP contribution in [0.5, 0.6) is 0 Å². The van der Waals surface area contributed by atoms with Gasteiger partial charge in [0.2, 0.25) is 11.8 Å². The lowest BCUT2D eigenvalue weighted by Crippen LogP contribution is -2.58. The molecule has 0 spiro atoms. The number of nitrogens with one attached hydrogen (secondary N) is 3. The van der Waals surface area contributed by atoms with Crippen LogP contribution in [-0.2, 0) is 21.4 Å². The number of urea groups is 1. The molecule has 0 saturated carbocycles. The number of imide groups is 1. The molecule has 0 radical (unpaired) electrons. The molecule has 0 bridgehead atoms. The molecule has 0 unspecified atom stereocenters. The lowest BCUT2D eigenvalue weighted by atomic mass is 10.0. The zero-order valence-electron chi connectivity index (χ0n) is 13.0. The molecule has 124 valence electrons. The van der Waals surface area contributed by atoms with Gasteiger partial charge in [-0.2, -0.15) is 5.10 Å². The summed E-state index contributed by atoms with van der Waals surface area (Å²) in [6, 6.07) is -1.72. The van der Waals surface area contributed by atoms with E-state index < -0.39 is 18.0 Å². The number of rotatable bonds is 3. The quantitative estimate of drug-likeness (QED) is 0.679. The molecule has 1 aromatic heterocycles. The van der Waals surface area contributed by atoms with E-state index in [2.05, 4.69) is 21.0 Å². The Morgan fingerprint density at radius 3 is 2.91 bits per heavy atom. The van der Waals surface area contributed by atoms with Crippen LogP contribution in [0, 0.1) is 6.92 Å². The van der Waals surface area contributed by atoms with Crippen LogP contribution in [0.1, 0.15) is 30.2 Å². The van der Waals surface area contributed by atoms with Crippen LogP contribution in [0.25, 0.3) is 0 Å². The number of hydrogen-bond acceptors (Lipinski definition) is 5. The Kier molecular flexibility index (Phi) is 4.03. The van der Waals surface area contributed by atoms with Crippen molar-refractivity contribution in [2.24, 2.45) is 7.05 Å². The minimum Gasteiger partial charge on any atom is -0.371 e. The first-order valence-electron chi connectivity index (χ1n) is 7.46. The molecule has 2 saturated heterocycles. The van der Waals surface area contributed by atoms with Crippen LogP contribution in [-0.4, -0.2) is 46.3 Å². The first-order valence-corrected chi connectivity index (χ1v) is 7.46. The van der Waals surface area contributed by atoms with Crippen molar-refractivity contribution in [1.82, 2.24) is 25.7 Å². The summed E-state index contributed by atoms with van der Waals surface area (Å²) >= 11 is 0. The van der Waals surface area contributed by atoms with E-state index in [1.54, 1.807) is 4.68 Å². The number of ether oxygens (including phenoxy) is 1. The maximum absolute atomic E-state index is 12.3. The van der Waals surface area contributed by atoms with E-state index in [9.17, 15) is 14.4 Å². The highest BCUT2D eigenvalue weighted by atomic mass is 16.5. The molecule has 0 aromatic carbocycles. The van der Waals surface area contributed by atoms with Crippen LogP contribution in [0.2, 0.25) is 0 Å². The van der Waals surface area contributed by atoms with Crippen LogP contribution < -0.4 is 16.0 Å². The summed E-state index contributed by atoms with van der Waals surface area (Å²) in [6.07, 6.45) is 2.19. The summed E-state index contributed by atoms with van der Waals surface area (Å²) in [7, 11) is 1.83. The normalized spacial score (nSPS) is 27.5. The summed E-state index contributed by atoms with van der Waals surface area (Å²) in [5.41, 5.74) is 1.78. The van der Waals surface area contributed by atoms with Gasteiger partial charge in [0.25, 0.3) is 0 Å². The molecular formula is C14H19N5O4. The topological polar surface area (TPSA) is 114 Å². The van der Waals surface area contributed by atoms with Gasteiger partial charge < -0.3 is 15.4 Å². The predicted octanol–water partition coefficient (Wildman–Crippen LogP) is -0.727. The SMILES string of the molecule is Cc1nn(C)cc1[C@@H]1OCC[C@H]1NC(=O)[C@@H]1CC(=O)NC(=O)N1. The standard InChI is InChI=1S/C14H19N5O4/c1-7-8(6-19(2)18-7)12-9(3-4-23-12)15-13(21)10-5-11(20)17-14(22)16-10/h6,9-10,12H,3-5H2,1-2H3,(H,15,21)(H2,16,17,20,22)/t9-,10+,12+/m1/s1. The molecule has 3 rings (SSSR count). The van der Waals surface area contributed by atoms with Crippen molar-refractivity contribution in [1.29, 1.82) is 0 Å². The summed E-state index contributed by atoms with van der Waals surface area (Å²) in [5, 5.41) is 11.7. The number of aromatic nitrogens is 2. The lowest BCUT2D eigenvalue weighted by molar-refractivity contribution is -0.129. The molecule has 2 fully saturated rings. The van der Waals surface area contributed by atoms with E-state index in [-0.39, 0.29) is 24.5 Å². The number of carbonyl (C=O) groups is 3. The molecule has 3 atom stereocenters. The highest BCUT2D eigenvalue weighted by Crippen LogP contribution is 2.30. The number of aryl methyl sites for hydroxylation is 2.